The zero-order valence-electron chi connectivity index (χ0n) is 11.6. The van der Waals surface area contributed by atoms with Crippen LogP contribution in [0.4, 0.5) is 0 Å². The molecule has 0 unspecified atom stereocenters. The van der Waals surface area contributed by atoms with Crippen molar-refractivity contribution < 1.29 is 4.79 Å². The van der Waals surface area contributed by atoms with Crippen molar-refractivity contribution >= 4 is 33.2 Å². The normalized spacial score (nSPS) is 10.6. The number of carbonyl (C=O) groups excluding carboxylic acids is 1. The molecule has 1 amide bonds. The third kappa shape index (κ3) is 3.80. The lowest BCUT2D eigenvalue weighted by atomic mass is 10.1. The van der Waals surface area contributed by atoms with Crippen molar-refractivity contribution in [3.63, 3.8) is 0 Å². The van der Waals surface area contributed by atoms with Crippen LogP contribution in [0.3, 0.4) is 0 Å². The Labute approximate surface area is 140 Å². The largest absolute Gasteiger partial charge is 0.347 e. The smallest absolute Gasteiger partial charge is 0.261 e. The van der Waals surface area contributed by atoms with Crippen LogP contribution in [0.2, 0.25) is 0 Å². The quantitative estimate of drug-likeness (QED) is 0.744. The molecule has 0 saturated carbocycles. The first-order valence-corrected chi connectivity index (χ1v) is 8.25. The molecule has 1 aromatic carbocycles. The van der Waals surface area contributed by atoms with Crippen molar-refractivity contribution in [1.82, 2.24) is 20.1 Å². The number of nitrogens with one attached hydrogen (secondary N) is 1. The van der Waals surface area contributed by atoms with Crippen LogP contribution in [0, 0.1) is 0 Å². The summed E-state index contributed by atoms with van der Waals surface area (Å²) in [6.45, 7) is 1.20. The number of thiophene rings is 1. The third-order valence-electron chi connectivity index (χ3n) is 3.08. The number of rotatable bonds is 5. The molecular weight excluding hydrogens is 364 g/mol. The van der Waals surface area contributed by atoms with Crippen LogP contribution in [-0.4, -0.2) is 20.7 Å². The second-order valence-corrected chi connectivity index (χ2v) is 7.16. The molecule has 0 bridgehead atoms. The van der Waals surface area contributed by atoms with Crippen LogP contribution in [0.1, 0.15) is 20.8 Å². The summed E-state index contributed by atoms with van der Waals surface area (Å²) in [5.41, 5.74) is 2.20. The highest BCUT2D eigenvalue weighted by Gasteiger charge is 2.07. The highest BCUT2D eigenvalue weighted by Crippen LogP contribution is 2.21. The van der Waals surface area contributed by atoms with Crippen molar-refractivity contribution in [2.45, 2.75) is 13.1 Å². The number of hydrogen-bond donors (Lipinski definition) is 1. The topological polar surface area (TPSA) is 59.8 Å². The Morgan fingerprint density at radius 1 is 1.18 bits per heavy atom. The molecule has 1 N–H and O–H groups in total. The Morgan fingerprint density at radius 3 is 2.59 bits per heavy atom. The summed E-state index contributed by atoms with van der Waals surface area (Å²) >= 11 is 4.78. The summed E-state index contributed by atoms with van der Waals surface area (Å²) in [6.07, 6.45) is 3.21. The van der Waals surface area contributed by atoms with Gasteiger partial charge in [-0.05, 0) is 39.2 Å². The molecular formula is C15H13BrN4OS. The molecule has 0 fully saturated rings. The zero-order valence-corrected chi connectivity index (χ0v) is 14.0. The van der Waals surface area contributed by atoms with E-state index >= 15 is 0 Å². The molecule has 0 atom stereocenters. The zero-order chi connectivity index (χ0) is 15.4. The fraction of sp³-hybridized carbons (Fsp3) is 0.133. The standard InChI is InChI=1S/C15H13BrN4OS/c16-14-6-5-13(22-14)15(21)18-7-11-1-3-12(4-2-11)8-20-10-17-9-19-20/h1-6,9-10H,7-8H2,(H,18,21). The van der Waals surface area contributed by atoms with E-state index in [2.05, 4.69) is 31.3 Å². The van der Waals surface area contributed by atoms with E-state index in [4.69, 9.17) is 0 Å². The molecule has 3 aromatic rings. The Morgan fingerprint density at radius 2 is 1.95 bits per heavy atom. The summed E-state index contributed by atoms with van der Waals surface area (Å²) in [5, 5.41) is 6.99. The molecule has 2 aromatic heterocycles. The van der Waals surface area contributed by atoms with Crippen LogP contribution >= 0.6 is 27.3 Å². The molecule has 2 heterocycles. The van der Waals surface area contributed by atoms with Gasteiger partial charge in [0.05, 0.1) is 15.2 Å². The average Bonchev–Trinajstić information content (AvgIpc) is 3.18. The van der Waals surface area contributed by atoms with Gasteiger partial charge in [0.1, 0.15) is 12.7 Å². The number of nitrogens with zero attached hydrogens (tertiary/aromatic N) is 3. The van der Waals surface area contributed by atoms with E-state index in [0.29, 0.717) is 18.0 Å². The van der Waals surface area contributed by atoms with E-state index < -0.39 is 0 Å². The lowest BCUT2D eigenvalue weighted by molar-refractivity contribution is 0.0955. The van der Waals surface area contributed by atoms with Crippen molar-refractivity contribution in [1.29, 1.82) is 0 Å². The molecule has 0 radical (unpaired) electrons. The van der Waals surface area contributed by atoms with E-state index in [9.17, 15) is 4.79 Å². The maximum absolute atomic E-state index is 12.0. The molecule has 0 aliphatic heterocycles. The first-order valence-electron chi connectivity index (χ1n) is 6.64. The molecule has 5 nitrogen and oxygen atoms in total. The fourth-order valence-electron chi connectivity index (χ4n) is 1.97. The summed E-state index contributed by atoms with van der Waals surface area (Å²) in [4.78, 5) is 16.6. The Kier molecular flexibility index (Phi) is 4.65. The maximum atomic E-state index is 12.0. The number of aromatic nitrogens is 3. The Bertz CT molecular complexity index is 752. The van der Waals surface area contributed by atoms with Gasteiger partial charge in [-0.15, -0.1) is 11.3 Å². The average molecular weight is 377 g/mol. The van der Waals surface area contributed by atoms with Gasteiger partial charge in [-0.1, -0.05) is 24.3 Å². The molecule has 0 aliphatic rings. The van der Waals surface area contributed by atoms with Gasteiger partial charge in [0, 0.05) is 6.54 Å². The van der Waals surface area contributed by atoms with Crippen molar-refractivity contribution in [2.75, 3.05) is 0 Å². The number of halogens is 1. The van der Waals surface area contributed by atoms with Crippen LogP contribution < -0.4 is 5.32 Å². The highest BCUT2D eigenvalue weighted by atomic mass is 79.9. The van der Waals surface area contributed by atoms with Gasteiger partial charge in [0.2, 0.25) is 0 Å². The predicted molar refractivity (Wildman–Crippen MR) is 88.8 cm³/mol. The van der Waals surface area contributed by atoms with E-state index in [1.807, 2.05) is 36.4 Å². The number of carbonyl (C=O) groups is 1. The number of hydrogen-bond acceptors (Lipinski definition) is 4. The van der Waals surface area contributed by atoms with Crippen molar-refractivity contribution in [2.24, 2.45) is 0 Å². The number of amides is 1. The molecule has 7 heteroatoms. The summed E-state index contributed by atoms with van der Waals surface area (Å²) < 4.78 is 2.72. The molecule has 0 spiro atoms. The molecule has 0 aliphatic carbocycles. The van der Waals surface area contributed by atoms with Crippen LogP contribution in [0.5, 0.6) is 0 Å². The maximum Gasteiger partial charge on any atom is 0.261 e. The van der Waals surface area contributed by atoms with Crippen LogP contribution in [0.15, 0.2) is 52.8 Å². The van der Waals surface area contributed by atoms with E-state index in [0.717, 1.165) is 14.9 Å². The van der Waals surface area contributed by atoms with Crippen LogP contribution in [0.25, 0.3) is 0 Å². The van der Waals surface area contributed by atoms with E-state index in [1.165, 1.54) is 17.7 Å². The minimum absolute atomic E-state index is 0.0533. The van der Waals surface area contributed by atoms with Gasteiger partial charge in [0.15, 0.2) is 0 Å². The van der Waals surface area contributed by atoms with Crippen LogP contribution in [-0.2, 0) is 13.1 Å². The lowest BCUT2D eigenvalue weighted by Gasteiger charge is -2.06. The number of benzene rings is 1. The fourth-order valence-corrected chi connectivity index (χ4v) is 3.27. The molecule has 0 saturated heterocycles. The predicted octanol–water partition coefficient (Wildman–Crippen LogP) is 3.08. The second kappa shape index (κ2) is 6.85. The van der Waals surface area contributed by atoms with Gasteiger partial charge in [-0.3, -0.25) is 4.79 Å². The van der Waals surface area contributed by atoms with Gasteiger partial charge >= 0.3 is 0 Å². The molecule has 3 rings (SSSR count). The first kappa shape index (κ1) is 14.9. The lowest BCUT2D eigenvalue weighted by Crippen LogP contribution is -2.21. The minimum atomic E-state index is -0.0533. The SMILES string of the molecule is O=C(NCc1ccc(Cn2cncn2)cc1)c1ccc(Br)s1. The highest BCUT2D eigenvalue weighted by molar-refractivity contribution is 9.11. The van der Waals surface area contributed by atoms with Crippen molar-refractivity contribution in [3.8, 4) is 0 Å². The molecule has 112 valence electrons. The second-order valence-electron chi connectivity index (χ2n) is 4.70. The monoisotopic (exact) mass is 376 g/mol. The minimum Gasteiger partial charge on any atom is -0.347 e. The van der Waals surface area contributed by atoms with Gasteiger partial charge in [0.25, 0.3) is 5.91 Å². The van der Waals surface area contributed by atoms with Gasteiger partial charge in [-0.2, -0.15) is 5.10 Å². The summed E-state index contributed by atoms with van der Waals surface area (Å²) in [5.74, 6) is -0.0533. The first-order chi connectivity index (χ1) is 10.7. The Hall–Kier alpha value is -1.99. The van der Waals surface area contributed by atoms with Gasteiger partial charge in [-0.25, -0.2) is 9.67 Å². The van der Waals surface area contributed by atoms with E-state index in [-0.39, 0.29) is 5.91 Å². The molecule has 22 heavy (non-hydrogen) atoms. The van der Waals surface area contributed by atoms with Gasteiger partial charge < -0.3 is 5.32 Å². The van der Waals surface area contributed by atoms with E-state index in [1.54, 1.807) is 11.0 Å². The third-order valence-corrected chi connectivity index (χ3v) is 4.71. The summed E-state index contributed by atoms with van der Waals surface area (Å²) in [6, 6.07) is 11.8. The van der Waals surface area contributed by atoms with Crippen molar-refractivity contribution in [3.05, 3.63) is 68.8 Å². The summed E-state index contributed by atoms with van der Waals surface area (Å²) in [7, 11) is 0. The Balaban J connectivity index is 1.56.